The average Bonchev–Trinajstić information content (AvgIpc) is 3.08. The Morgan fingerprint density at radius 1 is 1.39 bits per heavy atom. The maximum absolute atomic E-state index is 5.74. The maximum Gasteiger partial charge on any atom is 0.222 e. The molecule has 1 aromatic carbocycles. The summed E-state index contributed by atoms with van der Waals surface area (Å²) < 4.78 is 11.5. The third-order valence-electron chi connectivity index (χ3n) is 2.93. The van der Waals surface area contributed by atoms with Crippen LogP contribution in [0.5, 0.6) is 5.75 Å². The summed E-state index contributed by atoms with van der Waals surface area (Å²) in [5.41, 5.74) is 7.18. The van der Waals surface area contributed by atoms with E-state index in [1.165, 1.54) is 12.8 Å². The van der Waals surface area contributed by atoms with Crippen molar-refractivity contribution in [3.63, 3.8) is 0 Å². The molecule has 0 atom stereocenters. The lowest BCUT2D eigenvalue weighted by molar-refractivity contribution is 0.298. The second-order valence-corrected chi connectivity index (χ2v) is 5.37. The maximum atomic E-state index is 5.74. The predicted molar refractivity (Wildman–Crippen MR) is 72.3 cm³/mol. The molecule has 0 radical (unpaired) electrons. The van der Waals surface area contributed by atoms with Crippen LogP contribution in [-0.2, 0) is 0 Å². The van der Waals surface area contributed by atoms with Gasteiger partial charge in [0.2, 0.25) is 5.88 Å². The van der Waals surface area contributed by atoms with Crippen LogP contribution in [0.4, 0.5) is 5.88 Å². The van der Waals surface area contributed by atoms with Crippen LogP contribution >= 0.6 is 15.9 Å². The van der Waals surface area contributed by atoms with Gasteiger partial charge in [0.25, 0.3) is 0 Å². The molecule has 1 aromatic heterocycles. The first-order valence-electron chi connectivity index (χ1n) is 5.87. The standard InChI is InChI=1S/C13H13BrN2O2/c14-10-5-9(11-6-13(15)18-16-11)3-4-12(10)17-7-8-1-2-8/h3-6,8H,1-2,7,15H2. The van der Waals surface area contributed by atoms with Crippen molar-refractivity contribution in [2.75, 3.05) is 12.3 Å². The molecule has 1 aliphatic carbocycles. The number of halogens is 1. The molecular formula is C13H13BrN2O2. The van der Waals surface area contributed by atoms with E-state index in [0.29, 0.717) is 5.88 Å². The summed E-state index contributed by atoms with van der Waals surface area (Å²) in [7, 11) is 0. The van der Waals surface area contributed by atoms with Crippen LogP contribution in [0.15, 0.2) is 33.3 Å². The molecule has 1 heterocycles. The molecule has 94 valence electrons. The van der Waals surface area contributed by atoms with Crippen LogP contribution in [0.3, 0.4) is 0 Å². The predicted octanol–water partition coefficient (Wildman–Crippen LogP) is 3.48. The summed E-state index contributed by atoms with van der Waals surface area (Å²) in [6.45, 7) is 0.800. The van der Waals surface area contributed by atoms with Crippen molar-refractivity contribution in [3.05, 3.63) is 28.7 Å². The van der Waals surface area contributed by atoms with Crippen LogP contribution in [0.1, 0.15) is 12.8 Å². The topological polar surface area (TPSA) is 61.3 Å². The highest BCUT2D eigenvalue weighted by atomic mass is 79.9. The molecule has 1 fully saturated rings. The van der Waals surface area contributed by atoms with Gasteiger partial charge in [0.05, 0.1) is 11.1 Å². The zero-order valence-corrected chi connectivity index (χ0v) is 11.3. The Bertz CT molecular complexity index is 564. The van der Waals surface area contributed by atoms with Crippen LogP contribution < -0.4 is 10.5 Å². The van der Waals surface area contributed by atoms with E-state index in [-0.39, 0.29) is 0 Å². The number of hydrogen-bond acceptors (Lipinski definition) is 4. The van der Waals surface area contributed by atoms with E-state index in [1.807, 2.05) is 18.2 Å². The molecule has 18 heavy (non-hydrogen) atoms. The van der Waals surface area contributed by atoms with Gasteiger partial charge in [0.15, 0.2) is 0 Å². The molecule has 1 aliphatic rings. The zero-order valence-electron chi connectivity index (χ0n) is 9.73. The van der Waals surface area contributed by atoms with Gasteiger partial charge in [-0.1, -0.05) is 5.16 Å². The number of nitrogen functional groups attached to an aromatic ring is 1. The summed E-state index contributed by atoms with van der Waals surface area (Å²) in [6.07, 6.45) is 2.57. The van der Waals surface area contributed by atoms with Crippen molar-refractivity contribution >= 4 is 21.8 Å². The summed E-state index contributed by atoms with van der Waals surface area (Å²) in [5, 5.41) is 3.88. The fraction of sp³-hybridized carbons (Fsp3) is 0.308. The van der Waals surface area contributed by atoms with Gasteiger partial charge in [0.1, 0.15) is 11.4 Å². The molecule has 0 spiro atoms. The fourth-order valence-electron chi connectivity index (χ4n) is 1.69. The summed E-state index contributed by atoms with van der Waals surface area (Å²) >= 11 is 3.51. The van der Waals surface area contributed by atoms with E-state index in [2.05, 4.69) is 21.1 Å². The van der Waals surface area contributed by atoms with Gasteiger partial charge in [-0.25, -0.2) is 0 Å². The lowest BCUT2D eigenvalue weighted by Gasteiger charge is -2.08. The SMILES string of the molecule is Nc1cc(-c2ccc(OCC3CC3)c(Br)c2)no1. The first kappa shape index (κ1) is 11.6. The first-order chi connectivity index (χ1) is 8.72. The minimum atomic E-state index is 0.315. The Kier molecular flexibility index (Phi) is 2.99. The van der Waals surface area contributed by atoms with Crippen molar-refractivity contribution in [1.29, 1.82) is 0 Å². The molecule has 0 unspecified atom stereocenters. The highest BCUT2D eigenvalue weighted by Crippen LogP contribution is 2.34. The number of nitrogens with two attached hydrogens (primary N) is 1. The largest absolute Gasteiger partial charge is 0.492 e. The van der Waals surface area contributed by atoms with Crippen molar-refractivity contribution in [2.45, 2.75) is 12.8 Å². The summed E-state index contributed by atoms with van der Waals surface area (Å²) in [6, 6.07) is 7.54. The van der Waals surface area contributed by atoms with E-state index in [1.54, 1.807) is 6.07 Å². The second-order valence-electron chi connectivity index (χ2n) is 4.51. The van der Waals surface area contributed by atoms with Gasteiger partial charge < -0.3 is 15.0 Å². The summed E-state index contributed by atoms with van der Waals surface area (Å²) in [5.74, 6) is 1.92. The number of hydrogen-bond donors (Lipinski definition) is 1. The zero-order chi connectivity index (χ0) is 12.5. The van der Waals surface area contributed by atoms with Gasteiger partial charge in [-0.05, 0) is 52.9 Å². The minimum Gasteiger partial charge on any atom is -0.492 e. The quantitative estimate of drug-likeness (QED) is 0.939. The lowest BCUT2D eigenvalue weighted by Crippen LogP contribution is -1.99. The van der Waals surface area contributed by atoms with Gasteiger partial charge in [-0.15, -0.1) is 0 Å². The lowest BCUT2D eigenvalue weighted by atomic mass is 10.1. The van der Waals surface area contributed by atoms with Gasteiger partial charge in [-0.2, -0.15) is 0 Å². The molecule has 2 N–H and O–H groups in total. The molecule has 0 saturated heterocycles. The van der Waals surface area contributed by atoms with Gasteiger partial charge >= 0.3 is 0 Å². The molecule has 0 amide bonds. The number of ether oxygens (including phenoxy) is 1. The summed E-state index contributed by atoms with van der Waals surface area (Å²) in [4.78, 5) is 0. The number of benzene rings is 1. The molecule has 2 aromatic rings. The van der Waals surface area contributed by atoms with Gasteiger partial charge in [0, 0.05) is 11.6 Å². The van der Waals surface area contributed by atoms with E-state index < -0.39 is 0 Å². The van der Waals surface area contributed by atoms with E-state index in [0.717, 1.165) is 34.0 Å². The fourth-order valence-corrected chi connectivity index (χ4v) is 2.19. The van der Waals surface area contributed by atoms with E-state index in [4.69, 9.17) is 15.0 Å². The minimum absolute atomic E-state index is 0.315. The van der Waals surface area contributed by atoms with E-state index in [9.17, 15) is 0 Å². The Morgan fingerprint density at radius 3 is 2.83 bits per heavy atom. The third-order valence-corrected chi connectivity index (χ3v) is 3.55. The Hall–Kier alpha value is -1.49. The van der Waals surface area contributed by atoms with Crippen molar-refractivity contribution < 1.29 is 9.26 Å². The Balaban J connectivity index is 1.79. The smallest absolute Gasteiger partial charge is 0.222 e. The van der Waals surface area contributed by atoms with Crippen molar-refractivity contribution in [1.82, 2.24) is 5.16 Å². The number of nitrogens with zero attached hydrogens (tertiary/aromatic N) is 1. The second kappa shape index (κ2) is 4.65. The Labute approximate surface area is 113 Å². The van der Waals surface area contributed by atoms with Gasteiger partial charge in [-0.3, -0.25) is 0 Å². The van der Waals surface area contributed by atoms with E-state index >= 15 is 0 Å². The molecule has 0 bridgehead atoms. The number of aromatic nitrogens is 1. The van der Waals surface area contributed by atoms with Crippen molar-refractivity contribution in [3.8, 4) is 17.0 Å². The monoisotopic (exact) mass is 308 g/mol. The molecule has 1 saturated carbocycles. The molecule has 4 nitrogen and oxygen atoms in total. The molecule has 5 heteroatoms. The first-order valence-corrected chi connectivity index (χ1v) is 6.66. The molecular weight excluding hydrogens is 296 g/mol. The van der Waals surface area contributed by atoms with Crippen LogP contribution in [0.2, 0.25) is 0 Å². The van der Waals surface area contributed by atoms with Crippen LogP contribution in [0.25, 0.3) is 11.3 Å². The van der Waals surface area contributed by atoms with Crippen molar-refractivity contribution in [2.24, 2.45) is 5.92 Å². The number of anilines is 1. The highest BCUT2D eigenvalue weighted by Gasteiger charge is 2.22. The molecule has 3 rings (SSSR count). The third kappa shape index (κ3) is 2.51. The average molecular weight is 309 g/mol. The normalized spacial score (nSPS) is 14.7. The number of rotatable bonds is 4. The molecule has 0 aliphatic heterocycles. The highest BCUT2D eigenvalue weighted by molar-refractivity contribution is 9.10. The van der Waals surface area contributed by atoms with Crippen LogP contribution in [-0.4, -0.2) is 11.8 Å². The van der Waals surface area contributed by atoms with Crippen LogP contribution in [0, 0.1) is 5.92 Å². The Morgan fingerprint density at radius 2 is 2.22 bits per heavy atom.